The molecule has 1 aliphatic heterocycles. The molecule has 164 valence electrons. The Balaban J connectivity index is 1.53. The lowest BCUT2D eigenvalue weighted by atomic mass is 10.1. The molecule has 1 fully saturated rings. The molecule has 2 amide bonds. The number of benzene rings is 2. The average molecular weight is 465 g/mol. The van der Waals surface area contributed by atoms with E-state index in [-0.39, 0.29) is 30.0 Å². The van der Waals surface area contributed by atoms with E-state index < -0.39 is 24.4 Å². The molecule has 1 saturated heterocycles. The number of hydrogen-bond donors (Lipinski definition) is 1. The zero-order valence-electron chi connectivity index (χ0n) is 17.1. The number of nitrogens with one attached hydrogen (secondary N) is 1. The van der Waals surface area contributed by atoms with Crippen molar-refractivity contribution in [1.29, 1.82) is 0 Å². The van der Waals surface area contributed by atoms with Gasteiger partial charge in [-0.2, -0.15) is 0 Å². The Morgan fingerprint density at radius 3 is 2.55 bits per heavy atom. The maximum atomic E-state index is 12.4. The molecule has 1 N–H and O–H groups in total. The first kappa shape index (κ1) is 22.9. The molecule has 1 aliphatic rings. The van der Waals surface area contributed by atoms with E-state index in [0.29, 0.717) is 22.1 Å². The second kappa shape index (κ2) is 10.0. The number of ether oxygens (including phenoxy) is 2. The first-order valence-corrected chi connectivity index (χ1v) is 10.5. The molecule has 0 bridgehead atoms. The third kappa shape index (κ3) is 5.89. The highest BCUT2D eigenvalue weighted by Crippen LogP contribution is 2.30. The normalized spacial score (nSPS) is 15.8. The lowest BCUT2D eigenvalue weighted by Crippen LogP contribution is -2.28. The van der Waals surface area contributed by atoms with Crippen LogP contribution in [0.4, 0.5) is 11.4 Å². The number of rotatable bonds is 7. The van der Waals surface area contributed by atoms with Gasteiger partial charge in [-0.15, -0.1) is 0 Å². The molecule has 0 saturated carbocycles. The van der Waals surface area contributed by atoms with E-state index >= 15 is 0 Å². The van der Waals surface area contributed by atoms with E-state index in [1.807, 2.05) is 13.8 Å². The van der Waals surface area contributed by atoms with E-state index in [2.05, 4.69) is 5.32 Å². The van der Waals surface area contributed by atoms with Crippen molar-refractivity contribution in [2.24, 2.45) is 5.92 Å². The minimum Gasteiger partial charge on any atom is -0.491 e. The largest absolute Gasteiger partial charge is 0.491 e. The summed E-state index contributed by atoms with van der Waals surface area (Å²) >= 11 is 11.9. The van der Waals surface area contributed by atoms with Crippen LogP contribution in [0.25, 0.3) is 0 Å². The Morgan fingerprint density at radius 1 is 1.16 bits per heavy atom. The minimum atomic E-state index is -0.651. The molecule has 9 heteroatoms. The number of hydrogen-bond acceptors (Lipinski definition) is 5. The summed E-state index contributed by atoms with van der Waals surface area (Å²) in [4.78, 5) is 38.4. The Labute approximate surface area is 190 Å². The van der Waals surface area contributed by atoms with Gasteiger partial charge in [-0.05, 0) is 50.2 Å². The van der Waals surface area contributed by atoms with Crippen molar-refractivity contribution in [2.45, 2.75) is 26.4 Å². The second-order valence-corrected chi connectivity index (χ2v) is 8.11. The SMILES string of the molecule is CC(C)Oc1ccc(N2C[C@H](C(=O)OCC(=O)Nc3cccc(Cl)c3Cl)CC2=O)cc1. The number of carbonyl (C=O) groups excluding carboxylic acids is 3. The average Bonchev–Trinajstić information content (AvgIpc) is 3.11. The van der Waals surface area contributed by atoms with Gasteiger partial charge < -0.3 is 19.7 Å². The summed E-state index contributed by atoms with van der Waals surface area (Å²) in [6.07, 6.45) is 0.0654. The van der Waals surface area contributed by atoms with Crippen LogP contribution in [0.15, 0.2) is 42.5 Å². The van der Waals surface area contributed by atoms with Crippen LogP contribution in [0.1, 0.15) is 20.3 Å². The molecule has 1 atom stereocenters. The zero-order valence-corrected chi connectivity index (χ0v) is 18.6. The van der Waals surface area contributed by atoms with Gasteiger partial charge in [0.05, 0.1) is 27.8 Å². The highest BCUT2D eigenvalue weighted by Gasteiger charge is 2.36. The van der Waals surface area contributed by atoms with Crippen LogP contribution in [-0.4, -0.2) is 37.0 Å². The molecule has 0 spiro atoms. The predicted molar refractivity (Wildman–Crippen MR) is 119 cm³/mol. The third-order valence-electron chi connectivity index (χ3n) is 4.55. The van der Waals surface area contributed by atoms with Crippen LogP contribution in [-0.2, 0) is 19.1 Å². The van der Waals surface area contributed by atoms with Gasteiger partial charge in [-0.3, -0.25) is 14.4 Å². The summed E-state index contributed by atoms with van der Waals surface area (Å²) in [5.74, 6) is -1.30. The highest BCUT2D eigenvalue weighted by molar-refractivity contribution is 6.44. The Bertz CT molecular complexity index is 978. The van der Waals surface area contributed by atoms with E-state index in [1.165, 1.54) is 4.90 Å². The van der Waals surface area contributed by atoms with Crippen LogP contribution in [0.2, 0.25) is 10.0 Å². The van der Waals surface area contributed by atoms with Gasteiger partial charge in [0.1, 0.15) is 5.75 Å². The van der Waals surface area contributed by atoms with E-state index in [9.17, 15) is 14.4 Å². The number of nitrogens with zero attached hydrogens (tertiary/aromatic N) is 1. The van der Waals surface area contributed by atoms with Crippen molar-refractivity contribution >= 4 is 52.4 Å². The molecule has 2 aromatic rings. The predicted octanol–water partition coefficient (Wildman–Crippen LogP) is 4.32. The molecule has 31 heavy (non-hydrogen) atoms. The molecular formula is C22H22Cl2N2O5. The highest BCUT2D eigenvalue weighted by atomic mass is 35.5. The number of esters is 1. The molecule has 0 aliphatic carbocycles. The van der Waals surface area contributed by atoms with Crippen molar-refractivity contribution < 1.29 is 23.9 Å². The smallest absolute Gasteiger partial charge is 0.311 e. The lowest BCUT2D eigenvalue weighted by molar-refractivity contribution is -0.151. The number of amides is 2. The zero-order chi connectivity index (χ0) is 22.5. The Kier molecular flexibility index (Phi) is 7.41. The van der Waals surface area contributed by atoms with E-state index in [4.69, 9.17) is 32.7 Å². The minimum absolute atomic E-state index is 0.0187. The summed E-state index contributed by atoms with van der Waals surface area (Å²) in [5.41, 5.74) is 0.993. The van der Waals surface area contributed by atoms with Gasteiger partial charge >= 0.3 is 5.97 Å². The molecule has 7 nitrogen and oxygen atoms in total. The van der Waals surface area contributed by atoms with Gasteiger partial charge in [-0.1, -0.05) is 29.3 Å². The van der Waals surface area contributed by atoms with Crippen molar-refractivity contribution in [3.8, 4) is 5.75 Å². The molecule has 0 aromatic heterocycles. The third-order valence-corrected chi connectivity index (χ3v) is 5.37. The van der Waals surface area contributed by atoms with E-state index in [1.54, 1.807) is 42.5 Å². The summed E-state index contributed by atoms with van der Waals surface area (Å²) in [7, 11) is 0. The maximum absolute atomic E-state index is 12.4. The summed E-state index contributed by atoms with van der Waals surface area (Å²) in [6, 6.07) is 11.9. The summed E-state index contributed by atoms with van der Waals surface area (Å²) in [6.45, 7) is 3.55. The van der Waals surface area contributed by atoms with Crippen molar-refractivity contribution in [3.05, 3.63) is 52.5 Å². The second-order valence-electron chi connectivity index (χ2n) is 7.32. The molecule has 2 aromatic carbocycles. The van der Waals surface area contributed by atoms with Crippen LogP contribution in [0.5, 0.6) is 5.75 Å². The van der Waals surface area contributed by atoms with Crippen LogP contribution >= 0.6 is 23.2 Å². The number of halogens is 2. The standard InChI is InChI=1S/C22H22Cl2N2O5/c1-13(2)31-16-8-6-15(7-9-16)26-11-14(10-20(26)28)22(29)30-12-19(27)25-18-5-3-4-17(23)21(18)24/h3-9,13-14H,10-12H2,1-2H3,(H,25,27)/t14-/m1/s1. The first-order chi connectivity index (χ1) is 14.7. The number of carbonyl (C=O) groups is 3. The summed E-state index contributed by atoms with van der Waals surface area (Å²) in [5, 5.41) is 3.03. The van der Waals surface area contributed by atoms with Crippen molar-refractivity contribution in [3.63, 3.8) is 0 Å². The van der Waals surface area contributed by atoms with Gasteiger partial charge in [0.15, 0.2) is 6.61 Å². The quantitative estimate of drug-likeness (QED) is 0.616. The van der Waals surface area contributed by atoms with Crippen molar-refractivity contribution in [1.82, 2.24) is 0 Å². The van der Waals surface area contributed by atoms with Crippen LogP contribution in [0, 0.1) is 5.92 Å². The fraction of sp³-hybridized carbons (Fsp3) is 0.318. The maximum Gasteiger partial charge on any atom is 0.311 e. The molecule has 0 radical (unpaired) electrons. The summed E-state index contributed by atoms with van der Waals surface area (Å²) < 4.78 is 10.7. The van der Waals surface area contributed by atoms with Gasteiger partial charge in [-0.25, -0.2) is 0 Å². The van der Waals surface area contributed by atoms with E-state index in [0.717, 1.165) is 0 Å². The Morgan fingerprint density at radius 2 is 1.87 bits per heavy atom. The molecule has 3 rings (SSSR count). The molecule has 1 heterocycles. The lowest BCUT2D eigenvalue weighted by Gasteiger charge is -2.17. The van der Waals surface area contributed by atoms with Crippen LogP contribution < -0.4 is 15.0 Å². The molecular weight excluding hydrogens is 443 g/mol. The molecule has 0 unspecified atom stereocenters. The first-order valence-electron chi connectivity index (χ1n) is 9.72. The van der Waals surface area contributed by atoms with Gasteiger partial charge in [0, 0.05) is 18.7 Å². The number of anilines is 2. The van der Waals surface area contributed by atoms with Crippen LogP contribution in [0.3, 0.4) is 0 Å². The van der Waals surface area contributed by atoms with Gasteiger partial charge in [0.25, 0.3) is 5.91 Å². The fourth-order valence-corrected chi connectivity index (χ4v) is 3.48. The monoisotopic (exact) mass is 464 g/mol. The Hall–Kier alpha value is -2.77. The topological polar surface area (TPSA) is 84.9 Å². The van der Waals surface area contributed by atoms with Crippen molar-refractivity contribution in [2.75, 3.05) is 23.4 Å². The fourth-order valence-electron chi connectivity index (χ4n) is 3.13. The van der Waals surface area contributed by atoms with Gasteiger partial charge in [0.2, 0.25) is 5.91 Å².